The van der Waals surface area contributed by atoms with Gasteiger partial charge in [0.05, 0.1) is 0 Å². The lowest BCUT2D eigenvalue weighted by molar-refractivity contribution is 0.411. The minimum Gasteiger partial charge on any atom is -0.207 e. The maximum absolute atomic E-state index is 13.7. The highest BCUT2D eigenvalue weighted by Gasteiger charge is 2.26. The van der Waals surface area contributed by atoms with E-state index in [9.17, 15) is 8.78 Å². The van der Waals surface area contributed by atoms with Crippen molar-refractivity contribution >= 4 is 0 Å². The number of hydrogen-bond acceptors (Lipinski definition) is 0. The van der Waals surface area contributed by atoms with E-state index >= 15 is 0 Å². The van der Waals surface area contributed by atoms with Gasteiger partial charge in [-0.05, 0) is 48.4 Å². The lowest BCUT2D eigenvalue weighted by Gasteiger charge is -2.28. The zero-order valence-electron chi connectivity index (χ0n) is 9.82. The molecule has 0 aliphatic heterocycles. The molecular weight excluding hydrogens is 194 g/mol. The molecular formula is C13H18F2. The molecule has 0 radical (unpaired) electrons. The van der Waals surface area contributed by atoms with Crippen LogP contribution in [0.4, 0.5) is 8.78 Å². The van der Waals surface area contributed by atoms with Crippen molar-refractivity contribution in [2.75, 3.05) is 0 Å². The summed E-state index contributed by atoms with van der Waals surface area (Å²) < 4.78 is 27.1. The smallest absolute Gasteiger partial charge is 0.127 e. The number of aryl methyl sites for hydroxylation is 1. The molecule has 0 atom stereocenters. The van der Waals surface area contributed by atoms with Gasteiger partial charge in [0.25, 0.3) is 0 Å². The third-order valence-corrected chi connectivity index (χ3v) is 3.46. The number of hydrogen-bond donors (Lipinski definition) is 0. The van der Waals surface area contributed by atoms with Crippen LogP contribution < -0.4 is 0 Å². The number of rotatable bonds is 3. The summed E-state index contributed by atoms with van der Waals surface area (Å²) in [6.45, 7) is 7.55. The molecule has 1 rings (SSSR count). The largest absolute Gasteiger partial charge is 0.207 e. The van der Waals surface area contributed by atoms with E-state index in [-0.39, 0.29) is 17.0 Å². The van der Waals surface area contributed by atoms with E-state index in [1.54, 1.807) is 6.92 Å². The average Bonchev–Trinajstić information content (AvgIpc) is 2.22. The van der Waals surface area contributed by atoms with Gasteiger partial charge in [0.2, 0.25) is 0 Å². The van der Waals surface area contributed by atoms with E-state index < -0.39 is 0 Å². The van der Waals surface area contributed by atoms with Crippen molar-refractivity contribution in [1.29, 1.82) is 0 Å². The quantitative estimate of drug-likeness (QED) is 0.698. The Balaban J connectivity index is 3.30. The SMILES string of the molecule is CCC(C)(CC)c1cc(F)c(C)cc1F. The Morgan fingerprint density at radius 2 is 1.60 bits per heavy atom. The maximum atomic E-state index is 13.7. The second-order valence-electron chi connectivity index (χ2n) is 4.35. The molecule has 15 heavy (non-hydrogen) atoms. The molecule has 0 unspecified atom stereocenters. The zero-order valence-corrected chi connectivity index (χ0v) is 9.82. The van der Waals surface area contributed by atoms with Gasteiger partial charge in [0.1, 0.15) is 11.6 Å². The first-order chi connectivity index (χ1) is 6.94. The van der Waals surface area contributed by atoms with Crippen LogP contribution >= 0.6 is 0 Å². The highest BCUT2D eigenvalue weighted by molar-refractivity contribution is 5.31. The Morgan fingerprint density at radius 3 is 2.07 bits per heavy atom. The molecule has 0 aromatic heterocycles. The summed E-state index contributed by atoms with van der Waals surface area (Å²) in [7, 11) is 0. The molecule has 1 aromatic carbocycles. The summed E-state index contributed by atoms with van der Waals surface area (Å²) >= 11 is 0. The molecule has 0 bridgehead atoms. The standard InChI is InChI=1S/C13H18F2/c1-5-13(4,6-2)10-8-11(14)9(3)7-12(10)15/h7-8H,5-6H2,1-4H3. The summed E-state index contributed by atoms with van der Waals surface area (Å²) in [5, 5.41) is 0. The van der Waals surface area contributed by atoms with Crippen LogP contribution in [0.5, 0.6) is 0 Å². The van der Waals surface area contributed by atoms with E-state index in [0.29, 0.717) is 11.1 Å². The lowest BCUT2D eigenvalue weighted by Crippen LogP contribution is -2.21. The molecule has 0 spiro atoms. The van der Waals surface area contributed by atoms with Crippen molar-refractivity contribution in [2.45, 2.75) is 46.0 Å². The summed E-state index contributed by atoms with van der Waals surface area (Å²) in [6.07, 6.45) is 1.62. The minimum absolute atomic E-state index is 0.265. The van der Waals surface area contributed by atoms with Gasteiger partial charge in [0, 0.05) is 0 Å². The van der Waals surface area contributed by atoms with Crippen LogP contribution in [0.2, 0.25) is 0 Å². The summed E-state index contributed by atoms with van der Waals surface area (Å²) in [5.41, 5.74) is 0.597. The van der Waals surface area contributed by atoms with Crippen molar-refractivity contribution < 1.29 is 8.78 Å². The lowest BCUT2D eigenvalue weighted by atomic mass is 9.77. The molecule has 0 fully saturated rings. The second kappa shape index (κ2) is 4.30. The molecule has 0 heterocycles. The van der Waals surface area contributed by atoms with Crippen LogP contribution in [0.25, 0.3) is 0 Å². The Morgan fingerprint density at radius 1 is 1.07 bits per heavy atom. The van der Waals surface area contributed by atoms with E-state index in [2.05, 4.69) is 0 Å². The average molecular weight is 212 g/mol. The fraction of sp³-hybridized carbons (Fsp3) is 0.538. The predicted molar refractivity (Wildman–Crippen MR) is 59.0 cm³/mol. The summed E-state index contributed by atoms with van der Waals surface area (Å²) in [6, 6.07) is 2.63. The van der Waals surface area contributed by atoms with Gasteiger partial charge >= 0.3 is 0 Å². The molecule has 0 nitrogen and oxygen atoms in total. The molecule has 0 aliphatic rings. The molecule has 0 aliphatic carbocycles. The summed E-state index contributed by atoms with van der Waals surface area (Å²) in [4.78, 5) is 0. The fourth-order valence-electron chi connectivity index (χ4n) is 1.74. The fourth-order valence-corrected chi connectivity index (χ4v) is 1.74. The number of benzene rings is 1. The van der Waals surface area contributed by atoms with Crippen LogP contribution in [0.3, 0.4) is 0 Å². The molecule has 0 amide bonds. The number of halogens is 2. The first-order valence-corrected chi connectivity index (χ1v) is 5.40. The zero-order chi connectivity index (χ0) is 11.6. The molecule has 0 saturated heterocycles. The van der Waals surface area contributed by atoms with Gasteiger partial charge in [-0.25, -0.2) is 8.78 Å². The van der Waals surface area contributed by atoms with Crippen LogP contribution in [0.15, 0.2) is 12.1 Å². The van der Waals surface area contributed by atoms with Gasteiger partial charge in [-0.2, -0.15) is 0 Å². The van der Waals surface area contributed by atoms with Crippen molar-refractivity contribution in [3.8, 4) is 0 Å². The molecule has 1 aromatic rings. The third kappa shape index (κ3) is 2.19. The molecule has 0 N–H and O–H groups in total. The van der Waals surface area contributed by atoms with Gasteiger partial charge < -0.3 is 0 Å². The molecule has 2 heteroatoms. The van der Waals surface area contributed by atoms with Gasteiger partial charge in [-0.3, -0.25) is 0 Å². The van der Waals surface area contributed by atoms with Gasteiger partial charge in [-0.15, -0.1) is 0 Å². The topological polar surface area (TPSA) is 0 Å². The maximum Gasteiger partial charge on any atom is 0.127 e. The predicted octanol–water partition coefficient (Wildman–Crippen LogP) is 4.35. The normalized spacial score (nSPS) is 11.9. The van der Waals surface area contributed by atoms with Gasteiger partial charge in [-0.1, -0.05) is 20.8 Å². The van der Waals surface area contributed by atoms with Crippen LogP contribution in [0.1, 0.15) is 44.7 Å². The first kappa shape index (κ1) is 12.2. The Kier molecular flexibility index (Phi) is 3.48. The van der Waals surface area contributed by atoms with E-state index in [1.807, 2.05) is 20.8 Å². The Bertz CT molecular complexity index is 352. The minimum atomic E-state index is -0.320. The van der Waals surface area contributed by atoms with Crippen LogP contribution in [-0.2, 0) is 5.41 Å². The second-order valence-corrected chi connectivity index (χ2v) is 4.35. The molecule has 0 saturated carbocycles. The van der Waals surface area contributed by atoms with Crippen molar-refractivity contribution in [1.82, 2.24) is 0 Å². The Hall–Kier alpha value is -0.920. The highest BCUT2D eigenvalue weighted by Crippen LogP contribution is 2.33. The molecule has 84 valence electrons. The van der Waals surface area contributed by atoms with Crippen molar-refractivity contribution in [3.05, 3.63) is 34.9 Å². The summed E-state index contributed by atoms with van der Waals surface area (Å²) in [5.74, 6) is -0.611. The first-order valence-electron chi connectivity index (χ1n) is 5.40. The monoisotopic (exact) mass is 212 g/mol. The van der Waals surface area contributed by atoms with Crippen molar-refractivity contribution in [3.63, 3.8) is 0 Å². The van der Waals surface area contributed by atoms with E-state index in [0.717, 1.165) is 12.8 Å². The third-order valence-electron chi connectivity index (χ3n) is 3.46. The van der Waals surface area contributed by atoms with E-state index in [4.69, 9.17) is 0 Å². The van der Waals surface area contributed by atoms with Crippen molar-refractivity contribution in [2.24, 2.45) is 0 Å². The highest BCUT2D eigenvalue weighted by atomic mass is 19.1. The van der Waals surface area contributed by atoms with Crippen LogP contribution in [-0.4, -0.2) is 0 Å². The van der Waals surface area contributed by atoms with E-state index in [1.165, 1.54) is 12.1 Å². The van der Waals surface area contributed by atoms with Crippen LogP contribution in [0, 0.1) is 18.6 Å². The van der Waals surface area contributed by atoms with Gasteiger partial charge in [0.15, 0.2) is 0 Å². The Labute approximate surface area is 90.3 Å².